The van der Waals surface area contributed by atoms with Crippen molar-refractivity contribution in [3.05, 3.63) is 0 Å². The highest BCUT2D eigenvalue weighted by molar-refractivity contribution is 7.91. The number of rotatable bonds is 8. The first-order chi connectivity index (χ1) is 7.44. The van der Waals surface area contributed by atoms with Gasteiger partial charge in [0.25, 0.3) is 0 Å². The van der Waals surface area contributed by atoms with Gasteiger partial charge in [0, 0.05) is 6.04 Å². The molecule has 0 aliphatic heterocycles. The maximum atomic E-state index is 11.9. The summed E-state index contributed by atoms with van der Waals surface area (Å²) in [6.45, 7) is 7.04. The Labute approximate surface area is 99.9 Å². The maximum absolute atomic E-state index is 11.9. The van der Waals surface area contributed by atoms with E-state index < -0.39 is 9.84 Å². The molecule has 1 N–H and O–H groups in total. The summed E-state index contributed by atoms with van der Waals surface area (Å²) in [5, 5.41) is 3.31. The van der Waals surface area contributed by atoms with Crippen LogP contribution < -0.4 is 5.32 Å². The molecule has 0 aromatic rings. The molecule has 0 aromatic heterocycles. The van der Waals surface area contributed by atoms with Crippen LogP contribution in [0.2, 0.25) is 0 Å². The third kappa shape index (κ3) is 5.30. The summed E-state index contributed by atoms with van der Waals surface area (Å²) in [6.07, 6.45) is 3.17. The molecule has 1 aliphatic rings. The second kappa shape index (κ2) is 6.01. The minimum absolute atomic E-state index is 0.196. The number of hydrogen-bond donors (Lipinski definition) is 1. The summed E-state index contributed by atoms with van der Waals surface area (Å²) in [4.78, 5) is 0. The zero-order chi connectivity index (χ0) is 12.2. The molecule has 1 atom stereocenters. The lowest BCUT2D eigenvalue weighted by Crippen LogP contribution is -2.38. The van der Waals surface area contributed by atoms with E-state index in [9.17, 15) is 8.42 Å². The number of hydrogen-bond acceptors (Lipinski definition) is 3. The molecule has 4 heteroatoms. The third-order valence-corrected chi connectivity index (χ3v) is 4.82. The van der Waals surface area contributed by atoms with Crippen LogP contribution in [-0.2, 0) is 9.84 Å². The summed E-state index contributed by atoms with van der Waals surface area (Å²) < 4.78 is 23.8. The van der Waals surface area contributed by atoms with Crippen LogP contribution in [0, 0.1) is 11.8 Å². The van der Waals surface area contributed by atoms with Crippen molar-refractivity contribution in [2.24, 2.45) is 11.8 Å². The first-order valence-electron chi connectivity index (χ1n) is 6.38. The second-order valence-corrected chi connectivity index (χ2v) is 7.53. The molecule has 1 rings (SSSR count). The molecule has 1 unspecified atom stereocenters. The Kier molecular flexibility index (Phi) is 5.25. The molecule has 0 aromatic carbocycles. The summed E-state index contributed by atoms with van der Waals surface area (Å²) in [5.41, 5.74) is 0. The zero-order valence-electron chi connectivity index (χ0n) is 10.7. The topological polar surface area (TPSA) is 46.2 Å². The quantitative estimate of drug-likeness (QED) is 0.712. The predicted octanol–water partition coefficient (Wildman–Crippen LogP) is 1.84. The van der Waals surface area contributed by atoms with Crippen LogP contribution in [0.4, 0.5) is 0 Å². The Morgan fingerprint density at radius 1 is 1.31 bits per heavy atom. The van der Waals surface area contributed by atoms with E-state index >= 15 is 0 Å². The van der Waals surface area contributed by atoms with Crippen molar-refractivity contribution < 1.29 is 8.42 Å². The fourth-order valence-corrected chi connectivity index (χ4v) is 3.83. The van der Waals surface area contributed by atoms with Gasteiger partial charge >= 0.3 is 0 Å². The molecule has 96 valence electrons. The van der Waals surface area contributed by atoms with Crippen LogP contribution >= 0.6 is 0 Å². The largest absolute Gasteiger partial charge is 0.313 e. The standard InChI is InChI=1S/C12H25NO2S/c1-4-13-12(11-5-6-11)9-16(14,15)8-7-10(2)3/h10-13H,4-9H2,1-3H3. The molecule has 0 heterocycles. The van der Waals surface area contributed by atoms with Crippen molar-refractivity contribution in [1.29, 1.82) is 0 Å². The van der Waals surface area contributed by atoms with E-state index in [1.54, 1.807) is 0 Å². The Morgan fingerprint density at radius 3 is 2.38 bits per heavy atom. The smallest absolute Gasteiger partial charge is 0.151 e. The van der Waals surface area contributed by atoms with Crippen LogP contribution in [-0.4, -0.2) is 32.5 Å². The first-order valence-corrected chi connectivity index (χ1v) is 8.20. The van der Waals surface area contributed by atoms with Crippen LogP contribution in [0.15, 0.2) is 0 Å². The van der Waals surface area contributed by atoms with Crippen LogP contribution in [0.25, 0.3) is 0 Å². The molecule has 0 bridgehead atoms. The highest BCUT2D eigenvalue weighted by Crippen LogP contribution is 2.33. The van der Waals surface area contributed by atoms with Gasteiger partial charge in [-0.05, 0) is 37.6 Å². The van der Waals surface area contributed by atoms with Gasteiger partial charge in [0.1, 0.15) is 0 Å². The van der Waals surface area contributed by atoms with Crippen molar-refractivity contribution >= 4 is 9.84 Å². The lowest BCUT2D eigenvalue weighted by atomic mass is 10.2. The fourth-order valence-electron chi connectivity index (χ4n) is 1.89. The monoisotopic (exact) mass is 247 g/mol. The molecule has 3 nitrogen and oxygen atoms in total. The SMILES string of the molecule is CCNC(CS(=O)(=O)CCC(C)C)C1CC1. The van der Waals surface area contributed by atoms with Gasteiger partial charge in [-0.2, -0.15) is 0 Å². The highest BCUT2D eigenvalue weighted by Gasteiger charge is 2.33. The molecule has 1 aliphatic carbocycles. The van der Waals surface area contributed by atoms with Gasteiger partial charge in [0.15, 0.2) is 9.84 Å². The number of sulfone groups is 1. The van der Waals surface area contributed by atoms with E-state index in [-0.39, 0.29) is 6.04 Å². The summed E-state index contributed by atoms with van der Waals surface area (Å²) in [5.74, 6) is 1.75. The molecule has 0 saturated heterocycles. The van der Waals surface area contributed by atoms with Crippen molar-refractivity contribution in [3.8, 4) is 0 Å². The minimum Gasteiger partial charge on any atom is -0.313 e. The molecule has 0 radical (unpaired) electrons. The maximum Gasteiger partial charge on any atom is 0.151 e. The van der Waals surface area contributed by atoms with Gasteiger partial charge in [-0.25, -0.2) is 8.42 Å². The van der Waals surface area contributed by atoms with E-state index in [1.807, 2.05) is 6.92 Å². The van der Waals surface area contributed by atoms with Crippen molar-refractivity contribution in [2.45, 2.75) is 46.1 Å². The van der Waals surface area contributed by atoms with Gasteiger partial charge in [-0.1, -0.05) is 20.8 Å². The normalized spacial score (nSPS) is 19.0. The molecular formula is C12H25NO2S. The van der Waals surface area contributed by atoms with Gasteiger partial charge in [0.2, 0.25) is 0 Å². The average molecular weight is 247 g/mol. The van der Waals surface area contributed by atoms with Crippen molar-refractivity contribution in [2.75, 3.05) is 18.1 Å². The molecule has 16 heavy (non-hydrogen) atoms. The van der Waals surface area contributed by atoms with E-state index in [1.165, 1.54) is 12.8 Å². The predicted molar refractivity (Wildman–Crippen MR) is 68.3 cm³/mol. The Bertz CT molecular complexity index is 294. The lowest BCUT2D eigenvalue weighted by molar-refractivity contribution is 0.499. The fraction of sp³-hybridized carbons (Fsp3) is 1.00. The van der Waals surface area contributed by atoms with E-state index in [4.69, 9.17) is 0 Å². The second-order valence-electron chi connectivity index (χ2n) is 5.30. The third-order valence-electron chi connectivity index (χ3n) is 3.10. The van der Waals surface area contributed by atoms with Crippen LogP contribution in [0.1, 0.15) is 40.0 Å². The highest BCUT2D eigenvalue weighted by atomic mass is 32.2. The molecule has 1 saturated carbocycles. The Morgan fingerprint density at radius 2 is 1.94 bits per heavy atom. The molecule has 1 fully saturated rings. The van der Waals surface area contributed by atoms with Gasteiger partial charge in [-0.3, -0.25) is 0 Å². The summed E-state index contributed by atoms with van der Waals surface area (Å²) >= 11 is 0. The van der Waals surface area contributed by atoms with Gasteiger partial charge in [-0.15, -0.1) is 0 Å². The summed E-state index contributed by atoms with van der Waals surface area (Å²) in [7, 11) is -2.87. The van der Waals surface area contributed by atoms with Gasteiger partial charge < -0.3 is 5.32 Å². The van der Waals surface area contributed by atoms with Crippen molar-refractivity contribution in [1.82, 2.24) is 5.32 Å². The summed E-state index contributed by atoms with van der Waals surface area (Å²) in [6, 6.07) is 0.196. The van der Waals surface area contributed by atoms with Gasteiger partial charge in [0.05, 0.1) is 11.5 Å². The number of nitrogens with one attached hydrogen (secondary N) is 1. The van der Waals surface area contributed by atoms with E-state index in [2.05, 4.69) is 19.2 Å². The zero-order valence-corrected chi connectivity index (χ0v) is 11.5. The lowest BCUT2D eigenvalue weighted by Gasteiger charge is -2.17. The van der Waals surface area contributed by atoms with Crippen LogP contribution in [0.5, 0.6) is 0 Å². The average Bonchev–Trinajstić information content (AvgIpc) is 2.97. The Balaban J connectivity index is 2.42. The van der Waals surface area contributed by atoms with Crippen molar-refractivity contribution in [3.63, 3.8) is 0 Å². The first kappa shape index (κ1) is 14.0. The van der Waals surface area contributed by atoms with Crippen LogP contribution in [0.3, 0.4) is 0 Å². The molecular weight excluding hydrogens is 222 g/mol. The Hall–Kier alpha value is -0.0900. The molecule has 0 spiro atoms. The molecule has 0 amide bonds. The minimum atomic E-state index is -2.87. The van der Waals surface area contributed by atoms with E-state index in [0.717, 1.165) is 13.0 Å². The van der Waals surface area contributed by atoms with E-state index in [0.29, 0.717) is 23.3 Å².